The summed E-state index contributed by atoms with van der Waals surface area (Å²) in [6.45, 7) is 5.31. The molecule has 0 bridgehead atoms. The molecular weight excluding hydrogens is 305 g/mol. The Morgan fingerprint density at radius 2 is 2.33 bits per heavy atom. The number of phenolic OH excluding ortho intramolecular Hbond substituents is 1. The minimum absolute atomic E-state index is 0.169. The highest BCUT2D eigenvalue weighted by Gasteiger charge is 2.11. The highest BCUT2D eigenvalue weighted by Crippen LogP contribution is 2.30. The topological polar surface area (TPSA) is 53.2 Å². The van der Waals surface area contributed by atoms with Gasteiger partial charge in [0.15, 0.2) is 0 Å². The van der Waals surface area contributed by atoms with Gasteiger partial charge in [-0.1, -0.05) is 12.6 Å². The lowest BCUT2D eigenvalue weighted by Gasteiger charge is -2.14. The first kappa shape index (κ1) is 11.9. The van der Waals surface area contributed by atoms with Gasteiger partial charge in [0.05, 0.1) is 15.2 Å². The second-order valence-electron chi connectivity index (χ2n) is 2.99. The van der Waals surface area contributed by atoms with Gasteiger partial charge in [0.1, 0.15) is 17.6 Å². The van der Waals surface area contributed by atoms with Crippen LogP contribution in [0.15, 0.2) is 30.4 Å². The Hall–Kier alpha value is -1.22. The van der Waals surface area contributed by atoms with Crippen molar-refractivity contribution in [1.29, 1.82) is 5.26 Å². The first-order valence-corrected chi connectivity index (χ1v) is 5.37. The number of phenols is 1. The van der Waals surface area contributed by atoms with Crippen LogP contribution in [0.1, 0.15) is 6.92 Å². The molecule has 0 aliphatic rings. The van der Waals surface area contributed by atoms with Crippen molar-refractivity contribution >= 4 is 22.6 Å². The number of benzene rings is 1. The molecule has 0 aliphatic carbocycles. The van der Waals surface area contributed by atoms with Crippen molar-refractivity contribution in [3.8, 4) is 17.6 Å². The Bertz CT molecular complexity index is 423. The first-order chi connectivity index (χ1) is 7.06. The normalized spacial score (nSPS) is 11.5. The molecule has 0 fully saturated rings. The minimum atomic E-state index is -0.384. The van der Waals surface area contributed by atoms with Crippen LogP contribution < -0.4 is 4.74 Å². The summed E-state index contributed by atoms with van der Waals surface area (Å²) in [4.78, 5) is 0. The maximum atomic E-state index is 9.43. The van der Waals surface area contributed by atoms with E-state index in [-0.39, 0.29) is 11.9 Å². The second kappa shape index (κ2) is 5.03. The molecule has 78 valence electrons. The van der Waals surface area contributed by atoms with Crippen LogP contribution >= 0.6 is 22.6 Å². The van der Waals surface area contributed by atoms with Crippen molar-refractivity contribution in [3.63, 3.8) is 0 Å². The fraction of sp³-hybridized carbons (Fsp3) is 0.182. The predicted octanol–water partition coefficient (Wildman–Crippen LogP) is 2.84. The molecule has 4 heteroatoms. The van der Waals surface area contributed by atoms with Crippen LogP contribution in [-0.4, -0.2) is 11.2 Å². The molecule has 0 aromatic heterocycles. The number of rotatable bonds is 3. The number of aromatic hydroxyl groups is 1. The van der Waals surface area contributed by atoms with Gasteiger partial charge < -0.3 is 9.84 Å². The van der Waals surface area contributed by atoms with Crippen molar-refractivity contribution < 1.29 is 9.84 Å². The highest BCUT2D eigenvalue weighted by atomic mass is 127. The van der Waals surface area contributed by atoms with Gasteiger partial charge in [0.2, 0.25) is 0 Å². The molecule has 1 aromatic rings. The summed E-state index contributed by atoms with van der Waals surface area (Å²) in [6.07, 6.45) is -0.384. The average Bonchev–Trinajstić information content (AvgIpc) is 2.23. The van der Waals surface area contributed by atoms with Gasteiger partial charge in [0.25, 0.3) is 0 Å². The van der Waals surface area contributed by atoms with Crippen molar-refractivity contribution in [1.82, 2.24) is 0 Å². The van der Waals surface area contributed by atoms with Gasteiger partial charge >= 0.3 is 0 Å². The van der Waals surface area contributed by atoms with Gasteiger partial charge in [-0.2, -0.15) is 5.26 Å². The Morgan fingerprint density at radius 3 is 2.93 bits per heavy atom. The molecule has 0 unspecified atom stereocenters. The van der Waals surface area contributed by atoms with Crippen molar-refractivity contribution in [2.45, 2.75) is 13.0 Å². The fourth-order valence-corrected chi connectivity index (χ4v) is 1.43. The quantitative estimate of drug-likeness (QED) is 0.689. The molecule has 0 saturated carbocycles. The van der Waals surface area contributed by atoms with E-state index in [9.17, 15) is 5.11 Å². The maximum absolute atomic E-state index is 9.43. The number of ether oxygens (including phenoxy) is 1. The van der Waals surface area contributed by atoms with Crippen molar-refractivity contribution in [2.24, 2.45) is 0 Å². The van der Waals surface area contributed by atoms with Gasteiger partial charge in [-0.25, -0.2) is 0 Å². The SMILES string of the molecule is C=C(C#N)[C@@H](C)Oc1cccc(O)c1I. The summed E-state index contributed by atoms with van der Waals surface area (Å²) in [6, 6.07) is 6.94. The molecule has 0 aliphatic heterocycles. The lowest BCUT2D eigenvalue weighted by Crippen LogP contribution is -2.13. The number of halogens is 1. The van der Waals surface area contributed by atoms with Gasteiger partial charge in [-0.15, -0.1) is 0 Å². The summed E-state index contributed by atoms with van der Waals surface area (Å²) in [5, 5.41) is 18.1. The summed E-state index contributed by atoms with van der Waals surface area (Å²) in [5.74, 6) is 0.724. The van der Waals surface area contributed by atoms with Crippen LogP contribution in [-0.2, 0) is 0 Å². The van der Waals surface area contributed by atoms with Crippen LogP contribution in [0.4, 0.5) is 0 Å². The summed E-state index contributed by atoms with van der Waals surface area (Å²) >= 11 is 1.99. The third-order valence-electron chi connectivity index (χ3n) is 1.88. The summed E-state index contributed by atoms with van der Waals surface area (Å²) < 4.78 is 6.12. The van der Waals surface area contributed by atoms with E-state index >= 15 is 0 Å². The van der Waals surface area contributed by atoms with Crippen LogP contribution in [0.2, 0.25) is 0 Å². The maximum Gasteiger partial charge on any atom is 0.137 e. The average molecular weight is 315 g/mol. The standard InChI is InChI=1S/C11H10INO2/c1-7(6-13)8(2)15-10-5-3-4-9(14)11(10)12/h3-5,8,14H,1H2,2H3/t8-/m1/s1. The molecule has 0 amide bonds. The fourth-order valence-electron chi connectivity index (χ4n) is 0.943. The molecule has 0 saturated heterocycles. The first-order valence-electron chi connectivity index (χ1n) is 4.29. The van der Waals surface area contributed by atoms with E-state index < -0.39 is 0 Å². The van der Waals surface area contributed by atoms with E-state index in [0.717, 1.165) is 0 Å². The molecular formula is C11H10INO2. The molecule has 3 nitrogen and oxygen atoms in total. The van der Waals surface area contributed by atoms with Crippen LogP contribution in [0, 0.1) is 14.9 Å². The van der Waals surface area contributed by atoms with E-state index in [1.54, 1.807) is 25.1 Å². The third kappa shape index (κ3) is 2.86. The van der Waals surface area contributed by atoms with E-state index in [1.807, 2.05) is 28.7 Å². The zero-order valence-corrected chi connectivity index (χ0v) is 10.4. The van der Waals surface area contributed by atoms with Gasteiger partial charge in [-0.05, 0) is 41.6 Å². The lowest BCUT2D eigenvalue weighted by atomic mass is 10.2. The Labute approximate surface area is 102 Å². The zero-order chi connectivity index (χ0) is 11.4. The number of nitrogens with zero attached hydrogens (tertiary/aromatic N) is 1. The van der Waals surface area contributed by atoms with Crippen molar-refractivity contribution in [3.05, 3.63) is 33.9 Å². The minimum Gasteiger partial charge on any atom is -0.507 e. The molecule has 0 spiro atoms. The molecule has 0 heterocycles. The Balaban J connectivity index is 2.87. The van der Waals surface area contributed by atoms with Crippen LogP contribution in [0.3, 0.4) is 0 Å². The highest BCUT2D eigenvalue weighted by molar-refractivity contribution is 14.1. The monoisotopic (exact) mass is 315 g/mol. The molecule has 1 N–H and O–H groups in total. The summed E-state index contributed by atoms with van der Waals surface area (Å²) in [7, 11) is 0. The van der Waals surface area contributed by atoms with Gasteiger partial charge in [-0.3, -0.25) is 0 Å². The van der Waals surface area contributed by atoms with Gasteiger partial charge in [0, 0.05) is 0 Å². The van der Waals surface area contributed by atoms with E-state index in [1.165, 1.54) is 0 Å². The van der Waals surface area contributed by atoms with E-state index in [2.05, 4.69) is 6.58 Å². The third-order valence-corrected chi connectivity index (χ3v) is 2.97. The largest absolute Gasteiger partial charge is 0.507 e. The van der Waals surface area contributed by atoms with E-state index in [4.69, 9.17) is 10.00 Å². The predicted molar refractivity (Wildman–Crippen MR) is 65.7 cm³/mol. The molecule has 1 aromatic carbocycles. The van der Waals surface area contributed by atoms with Crippen LogP contribution in [0.25, 0.3) is 0 Å². The molecule has 1 rings (SSSR count). The smallest absolute Gasteiger partial charge is 0.137 e. The van der Waals surface area contributed by atoms with E-state index in [0.29, 0.717) is 14.9 Å². The molecule has 15 heavy (non-hydrogen) atoms. The van der Waals surface area contributed by atoms with Crippen molar-refractivity contribution in [2.75, 3.05) is 0 Å². The lowest BCUT2D eigenvalue weighted by molar-refractivity contribution is 0.259. The Morgan fingerprint density at radius 1 is 1.67 bits per heavy atom. The van der Waals surface area contributed by atoms with Crippen LogP contribution in [0.5, 0.6) is 11.5 Å². The summed E-state index contributed by atoms with van der Waals surface area (Å²) in [5.41, 5.74) is 0.356. The number of hydrogen-bond acceptors (Lipinski definition) is 3. The number of nitriles is 1. The second-order valence-corrected chi connectivity index (χ2v) is 4.07. The molecule has 0 radical (unpaired) electrons. The zero-order valence-electron chi connectivity index (χ0n) is 8.20. The number of hydrogen-bond donors (Lipinski definition) is 1. The molecule has 1 atom stereocenters. The Kier molecular flexibility index (Phi) is 3.97.